The number of nitrogens with zero attached hydrogens (tertiary/aromatic N) is 4. The summed E-state index contributed by atoms with van der Waals surface area (Å²) in [5.41, 5.74) is 0.620. The zero-order chi connectivity index (χ0) is 14.3. The molecule has 0 N–H and O–H groups in total. The number of morpholine rings is 1. The second kappa shape index (κ2) is 5.46. The Labute approximate surface area is 126 Å². The van der Waals surface area contributed by atoms with Crippen LogP contribution in [0.4, 0.5) is 0 Å². The Bertz CT molecular complexity index is 518. The summed E-state index contributed by atoms with van der Waals surface area (Å²) in [4.78, 5) is 16.8. The van der Waals surface area contributed by atoms with Gasteiger partial charge < -0.3 is 9.64 Å². The third-order valence-electron chi connectivity index (χ3n) is 4.22. The Morgan fingerprint density at radius 2 is 2.25 bits per heavy atom. The summed E-state index contributed by atoms with van der Waals surface area (Å²) in [6.07, 6.45) is 1.16. The molecule has 3 heterocycles. The molecule has 0 aliphatic carbocycles. The monoisotopic (exact) mass is 342 g/mol. The van der Waals surface area contributed by atoms with E-state index >= 15 is 0 Å². The van der Waals surface area contributed by atoms with Crippen molar-refractivity contribution in [2.24, 2.45) is 7.05 Å². The maximum Gasteiger partial charge on any atom is 0.272 e. The summed E-state index contributed by atoms with van der Waals surface area (Å²) in [7, 11) is 3.90. The van der Waals surface area contributed by atoms with Crippen molar-refractivity contribution >= 4 is 21.8 Å². The smallest absolute Gasteiger partial charge is 0.272 e. The molecule has 0 radical (unpaired) electrons. The van der Waals surface area contributed by atoms with Crippen LogP contribution in [0.25, 0.3) is 0 Å². The largest absolute Gasteiger partial charge is 0.375 e. The van der Waals surface area contributed by atoms with Gasteiger partial charge in [-0.05, 0) is 29.4 Å². The van der Waals surface area contributed by atoms with Crippen LogP contribution in [0.1, 0.15) is 16.9 Å². The molecular weight excluding hydrogens is 324 g/mol. The molecule has 20 heavy (non-hydrogen) atoms. The fourth-order valence-corrected chi connectivity index (χ4v) is 3.48. The molecule has 2 aliphatic heterocycles. The van der Waals surface area contributed by atoms with E-state index < -0.39 is 0 Å². The predicted octanol–water partition coefficient (Wildman–Crippen LogP) is 0.728. The van der Waals surface area contributed by atoms with Crippen LogP contribution in [-0.2, 0) is 11.8 Å². The maximum absolute atomic E-state index is 12.6. The van der Waals surface area contributed by atoms with Gasteiger partial charge in [0.2, 0.25) is 0 Å². The minimum atomic E-state index is 0.0446. The van der Waals surface area contributed by atoms with Gasteiger partial charge in [0, 0.05) is 32.7 Å². The molecule has 2 atom stereocenters. The van der Waals surface area contributed by atoms with Crippen LogP contribution < -0.4 is 0 Å². The van der Waals surface area contributed by atoms with E-state index in [2.05, 4.69) is 33.0 Å². The normalized spacial score (nSPS) is 27.4. The summed E-state index contributed by atoms with van der Waals surface area (Å²) in [5.74, 6) is 0.0446. The van der Waals surface area contributed by atoms with Crippen LogP contribution in [-0.4, -0.2) is 70.9 Å². The van der Waals surface area contributed by atoms with E-state index in [4.69, 9.17) is 4.74 Å². The third-order valence-corrected chi connectivity index (χ3v) is 4.61. The van der Waals surface area contributed by atoms with Crippen LogP contribution in [0.15, 0.2) is 10.7 Å². The third kappa shape index (κ3) is 2.49. The topological polar surface area (TPSA) is 50.6 Å². The molecule has 2 saturated heterocycles. The van der Waals surface area contributed by atoms with Gasteiger partial charge in [-0.25, -0.2) is 0 Å². The van der Waals surface area contributed by atoms with Crippen LogP contribution in [0.3, 0.4) is 0 Å². The first-order chi connectivity index (χ1) is 9.56. The number of aromatic nitrogens is 2. The van der Waals surface area contributed by atoms with Gasteiger partial charge >= 0.3 is 0 Å². The minimum Gasteiger partial charge on any atom is -0.375 e. The number of halogens is 1. The van der Waals surface area contributed by atoms with Crippen LogP contribution in [0.2, 0.25) is 0 Å². The van der Waals surface area contributed by atoms with Gasteiger partial charge in [-0.15, -0.1) is 0 Å². The van der Waals surface area contributed by atoms with E-state index in [9.17, 15) is 4.79 Å². The first kappa shape index (κ1) is 14.0. The second-order valence-electron chi connectivity index (χ2n) is 5.47. The first-order valence-corrected chi connectivity index (χ1v) is 7.66. The number of carbonyl (C=O) groups is 1. The molecular formula is C13H19BrN4O2. The number of aryl methyl sites for hydroxylation is 1. The molecule has 0 saturated carbocycles. The van der Waals surface area contributed by atoms with Gasteiger partial charge in [-0.3, -0.25) is 14.4 Å². The Hall–Kier alpha value is -0.920. The average molecular weight is 343 g/mol. The minimum absolute atomic E-state index is 0.0446. The lowest BCUT2D eigenvalue weighted by molar-refractivity contribution is -0.0894. The van der Waals surface area contributed by atoms with Crippen molar-refractivity contribution in [3.05, 3.63) is 16.4 Å². The standard InChI is InChI=1S/C13H19BrN4O2/c1-16-5-6-20-11-3-4-18(8-10(11)16)13(19)9-7-12(14)15-17(9)2/h7,10-11H,3-6,8H2,1-2H3/t10-,11+/m0/s1. The molecule has 0 aromatic carbocycles. The number of hydrogen-bond donors (Lipinski definition) is 0. The average Bonchev–Trinajstić information content (AvgIpc) is 2.77. The predicted molar refractivity (Wildman–Crippen MR) is 77.6 cm³/mol. The van der Waals surface area contributed by atoms with Crippen molar-refractivity contribution in [3.8, 4) is 0 Å². The lowest BCUT2D eigenvalue weighted by Crippen LogP contribution is -2.59. The van der Waals surface area contributed by atoms with E-state index in [1.54, 1.807) is 17.8 Å². The number of likely N-dealkylation sites (tertiary alicyclic amines) is 1. The SMILES string of the molecule is CN1CCO[C@@H]2CCN(C(=O)c3cc(Br)nn3C)C[C@@H]21. The Kier molecular flexibility index (Phi) is 3.83. The summed E-state index contributed by atoms with van der Waals surface area (Å²) in [6, 6.07) is 2.08. The Balaban J connectivity index is 1.75. The number of rotatable bonds is 1. The van der Waals surface area contributed by atoms with Gasteiger partial charge in [0.25, 0.3) is 5.91 Å². The van der Waals surface area contributed by atoms with Gasteiger partial charge in [0.1, 0.15) is 10.3 Å². The van der Waals surface area contributed by atoms with E-state index in [1.165, 1.54) is 0 Å². The van der Waals surface area contributed by atoms with E-state index in [0.717, 1.165) is 32.7 Å². The highest BCUT2D eigenvalue weighted by Crippen LogP contribution is 2.23. The molecule has 6 nitrogen and oxygen atoms in total. The number of likely N-dealkylation sites (N-methyl/N-ethyl adjacent to an activating group) is 1. The highest BCUT2D eigenvalue weighted by molar-refractivity contribution is 9.10. The van der Waals surface area contributed by atoms with Gasteiger partial charge in [-0.1, -0.05) is 0 Å². The first-order valence-electron chi connectivity index (χ1n) is 6.87. The molecule has 7 heteroatoms. The van der Waals surface area contributed by atoms with E-state index in [-0.39, 0.29) is 12.0 Å². The second-order valence-corrected chi connectivity index (χ2v) is 6.29. The molecule has 0 unspecified atom stereocenters. The molecule has 0 spiro atoms. The van der Waals surface area contributed by atoms with Crippen molar-refractivity contribution in [2.75, 3.05) is 33.3 Å². The zero-order valence-electron chi connectivity index (χ0n) is 11.8. The van der Waals surface area contributed by atoms with Crippen molar-refractivity contribution in [3.63, 3.8) is 0 Å². The van der Waals surface area contributed by atoms with Gasteiger partial charge in [0.05, 0.1) is 18.8 Å². The summed E-state index contributed by atoms with van der Waals surface area (Å²) in [5, 5.41) is 4.17. The quantitative estimate of drug-likeness (QED) is 0.754. The molecule has 1 amide bonds. The number of piperidine rings is 1. The highest BCUT2D eigenvalue weighted by atomic mass is 79.9. The van der Waals surface area contributed by atoms with Crippen LogP contribution in [0.5, 0.6) is 0 Å². The summed E-state index contributed by atoms with van der Waals surface area (Å²) < 4.78 is 8.12. The molecule has 0 bridgehead atoms. The summed E-state index contributed by atoms with van der Waals surface area (Å²) >= 11 is 3.31. The zero-order valence-corrected chi connectivity index (χ0v) is 13.3. The number of amides is 1. The van der Waals surface area contributed by atoms with Gasteiger partial charge in [-0.2, -0.15) is 5.10 Å². The number of fused-ring (bicyclic) bond motifs is 1. The van der Waals surface area contributed by atoms with E-state index in [1.807, 2.05) is 4.90 Å². The molecule has 3 rings (SSSR count). The van der Waals surface area contributed by atoms with Crippen LogP contribution in [0, 0.1) is 0 Å². The molecule has 2 aliphatic rings. The lowest BCUT2D eigenvalue weighted by atomic mass is 9.99. The van der Waals surface area contributed by atoms with Crippen molar-refractivity contribution in [1.82, 2.24) is 19.6 Å². The number of carbonyl (C=O) groups excluding carboxylic acids is 1. The van der Waals surface area contributed by atoms with Crippen molar-refractivity contribution in [1.29, 1.82) is 0 Å². The van der Waals surface area contributed by atoms with Gasteiger partial charge in [0.15, 0.2) is 0 Å². The van der Waals surface area contributed by atoms with E-state index in [0.29, 0.717) is 16.3 Å². The Morgan fingerprint density at radius 1 is 1.45 bits per heavy atom. The molecule has 1 aromatic heterocycles. The molecule has 2 fully saturated rings. The Morgan fingerprint density at radius 3 is 2.95 bits per heavy atom. The molecule has 110 valence electrons. The maximum atomic E-state index is 12.6. The highest BCUT2D eigenvalue weighted by Gasteiger charge is 2.37. The number of hydrogen-bond acceptors (Lipinski definition) is 4. The van der Waals surface area contributed by atoms with Crippen molar-refractivity contribution < 1.29 is 9.53 Å². The lowest BCUT2D eigenvalue weighted by Gasteiger charge is -2.45. The van der Waals surface area contributed by atoms with Crippen LogP contribution >= 0.6 is 15.9 Å². The molecule has 1 aromatic rings. The fraction of sp³-hybridized carbons (Fsp3) is 0.692. The number of ether oxygens (including phenoxy) is 1. The fourth-order valence-electron chi connectivity index (χ4n) is 3.02. The summed E-state index contributed by atoms with van der Waals surface area (Å²) in [6.45, 7) is 3.19. The van der Waals surface area contributed by atoms with Crippen molar-refractivity contribution in [2.45, 2.75) is 18.6 Å².